The first-order valence-electron chi connectivity index (χ1n) is 7.59. The van der Waals surface area contributed by atoms with Gasteiger partial charge in [0.05, 0.1) is 4.92 Å². The van der Waals surface area contributed by atoms with Crippen LogP contribution in [0.5, 0.6) is 11.5 Å². The van der Waals surface area contributed by atoms with Crippen molar-refractivity contribution in [3.8, 4) is 11.5 Å². The van der Waals surface area contributed by atoms with Gasteiger partial charge in [0.15, 0.2) is 0 Å². The van der Waals surface area contributed by atoms with Crippen LogP contribution >= 0.6 is 0 Å². The minimum absolute atomic E-state index is 0.0438. The summed E-state index contributed by atoms with van der Waals surface area (Å²) in [4.78, 5) is 22.4. The zero-order valence-electron chi connectivity index (χ0n) is 14.2. The Balaban J connectivity index is 2.22. The van der Waals surface area contributed by atoms with E-state index >= 15 is 0 Å². The Morgan fingerprint density at radius 3 is 2.44 bits per heavy atom. The van der Waals surface area contributed by atoms with Crippen molar-refractivity contribution in [2.24, 2.45) is 5.73 Å². The van der Waals surface area contributed by atoms with Crippen molar-refractivity contribution in [2.45, 2.75) is 32.4 Å². The molecule has 0 fully saturated rings. The molecular formula is C18H19N2O5. The number of hydrogen-bond donors (Lipinski definition) is 1. The number of benzene rings is 2. The molecule has 0 saturated carbocycles. The highest BCUT2D eigenvalue weighted by Gasteiger charge is 2.26. The van der Waals surface area contributed by atoms with Crippen LogP contribution in [0, 0.1) is 16.2 Å². The van der Waals surface area contributed by atoms with Gasteiger partial charge in [-0.25, -0.2) is 4.79 Å². The van der Waals surface area contributed by atoms with Gasteiger partial charge in [0.1, 0.15) is 23.1 Å². The van der Waals surface area contributed by atoms with Gasteiger partial charge in [0.25, 0.3) is 5.69 Å². The van der Waals surface area contributed by atoms with Gasteiger partial charge in [-0.3, -0.25) is 10.1 Å². The van der Waals surface area contributed by atoms with Crippen molar-refractivity contribution in [3.05, 3.63) is 64.2 Å². The molecule has 2 aromatic carbocycles. The topological polar surface area (TPSA) is 105 Å². The molecular weight excluding hydrogens is 324 g/mol. The summed E-state index contributed by atoms with van der Waals surface area (Å²) in [6, 6.07) is 12.4. The van der Waals surface area contributed by atoms with Crippen LogP contribution < -0.4 is 10.5 Å². The minimum Gasteiger partial charge on any atom is -0.459 e. The van der Waals surface area contributed by atoms with Crippen LogP contribution in [0.2, 0.25) is 0 Å². The highest BCUT2D eigenvalue weighted by atomic mass is 16.6. The molecule has 1 unspecified atom stereocenters. The second-order valence-corrected chi connectivity index (χ2v) is 6.31. The van der Waals surface area contributed by atoms with Crippen LogP contribution in [0.15, 0.2) is 42.5 Å². The summed E-state index contributed by atoms with van der Waals surface area (Å²) in [7, 11) is 0. The molecule has 0 bridgehead atoms. The molecule has 0 saturated heterocycles. The molecule has 1 atom stereocenters. The monoisotopic (exact) mass is 343 g/mol. The van der Waals surface area contributed by atoms with Gasteiger partial charge in [-0.05, 0) is 45.0 Å². The van der Waals surface area contributed by atoms with Crippen molar-refractivity contribution < 1.29 is 19.2 Å². The summed E-state index contributed by atoms with van der Waals surface area (Å²) in [5.41, 5.74) is 5.62. The maximum Gasteiger partial charge on any atom is 0.328 e. The summed E-state index contributed by atoms with van der Waals surface area (Å²) in [6.45, 7) is 5.25. The molecule has 7 heteroatoms. The summed E-state index contributed by atoms with van der Waals surface area (Å²) in [5.74, 6) is 0.112. The van der Waals surface area contributed by atoms with Gasteiger partial charge in [-0.15, -0.1) is 0 Å². The molecule has 2 N–H and O–H groups in total. The standard InChI is InChI=1S/C18H19N2O5/c1-18(2,3)25-17(21)16(19)14-6-4-5-7-15(14)24-13-10-8-12(9-11-13)20(22)23/h4-5,7-11,16H,19H2,1-3H3. The minimum atomic E-state index is -1.06. The maximum atomic E-state index is 12.2. The van der Waals surface area contributed by atoms with Gasteiger partial charge in [-0.2, -0.15) is 0 Å². The molecule has 7 nitrogen and oxygen atoms in total. The average Bonchev–Trinajstić information content (AvgIpc) is 2.53. The smallest absolute Gasteiger partial charge is 0.328 e. The van der Waals surface area contributed by atoms with E-state index in [0.717, 1.165) is 0 Å². The number of hydrogen-bond acceptors (Lipinski definition) is 6. The Hall–Kier alpha value is -2.93. The van der Waals surface area contributed by atoms with E-state index in [1.165, 1.54) is 24.3 Å². The van der Waals surface area contributed by atoms with Crippen molar-refractivity contribution in [2.75, 3.05) is 0 Å². The Morgan fingerprint density at radius 1 is 1.24 bits per heavy atom. The fraction of sp³-hybridized carbons (Fsp3) is 0.278. The molecule has 25 heavy (non-hydrogen) atoms. The van der Waals surface area contributed by atoms with Crippen LogP contribution in [0.25, 0.3) is 0 Å². The van der Waals surface area contributed by atoms with E-state index in [1.807, 2.05) is 0 Å². The predicted molar refractivity (Wildman–Crippen MR) is 91.2 cm³/mol. The van der Waals surface area contributed by atoms with Crippen LogP contribution in [0.1, 0.15) is 32.4 Å². The maximum absolute atomic E-state index is 12.2. The second-order valence-electron chi connectivity index (χ2n) is 6.31. The molecule has 0 spiro atoms. The van der Waals surface area contributed by atoms with Gasteiger partial charge in [0.2, 0.25) is 0 Å². The summed E-state index contributed by atoms with van der Waals surface area (Å²) in [6.07, 6.45) is 0. The number of carbonyl (C=O) groups is 1. The third kappa shape index (κ3) is 5.02. The number of nitrogens with zero attached hydrogens (tertiary/aromatic N) is 1. The lowest BCUT2D eigenvalue weighted by Gasteiger charge is -2.23. The molecule has 2 aromatic rings. The Labute approximate surface area is 145 Å². The van der Waals surface area contributed by atoms with Crippen LogP contribution in [0.3, 0.4) is 0 Å². The largest absolute Gasteiger partial charge is 0.459 e. The second kappa shape index (κ2) is 7.31. The molecule has 0 aromatic heterocycles. The third-order valence-electron chi connectivity index (χ3n) is 3.10. The zero-order chi connectivity index (χ0) is 18.6. The number of nitro groups is 1. The normalized spacial score (nSPS) is 12.3. The van der Waals surface area contributed by atoms with Gasteiger partial charge < -0.3 is 15.2 Å². The van der Waals surface area contributed by atoms with E-state index in [-0.39, 0.29) is 5.69 Å². The van der Waals surface area contributed by atoms with E-state index in [1.54, 1.807) is 39.0 Å². The lowest BCUT2D eigenvalue weighted by Crippen LogP contribution is -2.31. The van der Waals surface area contributed by atoms with E-state index in [0.29, 0.717) is 17.1 Å². The number of non-ortho nitro benzene ring substituents is 1. The zero-order valence-corrected chi connectivity index (χ0v) is 14.2. The molecule has 1 radical (unpaired) electrons. The molecule has 0 amide bonds. The van der Waals surface area contributed by atoms with Crippen molar-refractivity contribution in [3.63, 3.8) is 0 Å². The molecule has 131 valence electrons. The Morgan fingerprint density at radius 2 is 1.88 bits per heavy atom. The van der Waals surface area contributed by atoms with E-state index in [4.69, 9.17) is 15.2 Å². The average molecular weight is 343 g/mol. The van der Waals surface area contributed by atoms with Crippen LogP contribution in [-0.4, -0.2) is 16.5 Å². The first kappa shape index (κ1) is 18.4. The third-order valence-corrected chi connectivity index (χ3v) is 3.10. The van der Waals surface area contributed by atoms with Crippen LogP contribution in [-0.2, 0) is 9.53 Å². The lowest BCUT2D eigenvalue weighted by atomic mass is 10.1. The number of carbonyl (C=O) groups excluding carboxylic acids is 1. The first-order chi connectivity index (χ1) is 11.7. The number of esters is 1. The van der Waals surface area contributed by atoms with Crippen molar-refractivity contribution in [1.82, 2.24) is 0 Å². The summed E-state index contributed by atoms with van der Waals surface area (Å²) >= 11 is 0. The van der Waals surface area contributed by atoms with Crippen molar-refractivity contribution in [1.29, 1.82) is 0 Å². The molecule has 0 aliphatic rings. The molecule has 2 rings (SSSR count). The van der Waals surface area contributed by atoms with Crippen LogP contribution in [0.4, 0.5) is 5.69 Å². The summed E-state index contributed by atoms with van der Waals surface area (Å²) < 4.78 is 11.0. The fourth-order valence-electron chi connectivity index (χ4n) is 2.01. The van der Waals surface area contributed by atoms with Gasteiger partial charge in [0, 0.05) is 17.7 Å². The molecule has 0 aliphatic carbocycles. The predicted octanol–water partition coefficient (Wildman–Crippen LogP) is 3.53. The molecule has 0 aliphatic heterocycles. The number of ether oxygens (including phenoxy) is 2. The summed E-state index contributed by atoms with van der Waals surface area (Å²) in [5, 5.41) is 10.7. The van der Waals surface area contributed by atoms with E-state index < -0.39 is 22.5 Å². The van der Waals surface area contributed by atoms with Crippen molar-refractivity contribution >= 4 is 11.7 Å². The lowest BCUT2D eigenvalue weighted by molar-refractivity contribution is -0.384. The fourth-order valence-corrected chi connectivity index (χ4v) is 2.01. The highest BCUT2D eigenvalue weighted by Crippen LogP contribution is 2.30. The number of rotatable bonds is 5. The number of nitro benzene ring substituents is 1. The molecule has 0 heterocycles. The number of nitrogens with two attached hydrogens (primary N) is 1. The highest BCUT2D eigenvalue weighted by molar-refractivity contribution is 5.78. The van der Waals surface area contributed by atoms with E-state index in [9.17, 15) is 14.9 Å². The van der Waals surface area contributed by atoms with Gasteiger partial charge >= 0.3 is 5.97 Å². The Kier molecular flexibility index (Phi) is 5.38. The first-order valence-corrected chi connectivity index (χ1v) is 7.59. The van der Waals surface area contributed by atoms with E-state index in [2.05, 4.69) is 6.07 Å². The SMILES string of the molecule is CC(C)(C)OC(=O)C(N)c1[c]cccc1Oc1ccc([N+](=O)[O-])cc1. The quantitative estimate of drug-likeness (QED) is 0.506. The van der Waals surface area contributed by atoms with Gasteiger partial charge in [-0.1, -0.05) is 12.1 Å². The Bertz CT molecular complexity index is 766.